The summed E-state index contributed by atoms with van der Waals surface area (Å²) in [6.45, 7) is 6.23. The molecule has 3 heterocycles. The highest BCUT2D eigenvalue weighted by Gasteiger charge is 2.51. The van der Waals surface area contributed by atoms with Crippen LogP contribution in [0.2, 0.25) is 0 Å². The van der Waals surface area contributed by atoms with Crippen molar-refractivity contribution < 1.29 is 137 Å². The first-order valence-corrected chi connectivity index (χ1v) is 39.9. The number of hydrogen-bond acceptors (Lipinski definition) is 27. The number of aromatic nitrogens is 1. The van der Waals surface area contributed by atoms with Crippen LogP contribution in [0.3, 0.4) is 0 Å². The maximum atomic E-state index is 15.3. The minimum absolute atomic E-state index is 0.00717. The quantitative estimate of drug-likeness (QED) is 0.0162. The van der Waals surface area contributed by atoms with Gasteiger partial charge in [0.15, 0.2) is 12.3 Å². The van der Waals surface area contributed by atoms with E-state index in [1.807, 2.05) is 0 Å². The topological polar surface area (TPSA) is 476 Å². The molecule has 574 valence electrons. The van der Waals surface area contributed by atoms with Gasteiger partial charge in [0.2, 0.25) is 28.3 Å². The highest BCUT2D eigenvalue weighted by atomic mass is 32.2. The molecule has 7 N–H and O–H groups in total. The Labute approximate surface area is 599 Å². The number of methoxy groups -OCH3 is 2. The average molecular weight is 1560 g/mol. The summed E-state index contributed by atoms with van der Waals surface area (Å²) in [5.41, 5.74) is -4.50. The van der Waals surface area contributed by atoms with Gasteiger partial charge < -0.3 is 67.3 Å². The van der Waals surface area contributed by atoms with Crippen molar-refractivity contribution in [3.05, 3.63) is 103 Å². The summed E-state index contributed by atoms with van der Waals surface area (Å²) in [5, 5.41) is 18.6. The third-order valence-electron chi connectivity index (χ3n) is 17.6. The van der Waals surface area contributed by atoms with Crippen molar-refractivity contribution in [2.75, 3.05) is 157 Å². The lowest BCUT2D eigenvalue weighted by Crippen LogP contribution is -2.66. The Hall–Kier alpha value is -6.81. The normalized spacial score (nSPS) is 17.2. The molecule has 6 aromatic rings. The number of fused-ring (bicyclic) bond motifs is 6. The molecule has 0 spiro atoms. The minimum Gasteiger partial charge on any atom is -0.492 e. The zero-order valence-electron chi connectivity index (χ0n) is 57.2. The first-order chi connectivity index (χ1) is 49.1. The number of hydrogen-bond donors (Lipinski definition) is 7. The molecule has 5 aromatic carbocycles. The fourth-order valence-corrected chi connectivity index (χ4v) is 15.9. The summed E-state index contributed by atoms with van der Waals surface area (Å²) in [5.74, 6) is -3.10. The van der Waals surface area contributed by atoms with Crippen molar-refractivity contribution in [1.29, 1.82) is 0 Å². The van der Waals surface area contributed by atoms with E-state index in [9.17, 15) is 79.9 Å². The van der Waals surface area contributed by atoms with E-state index >= 15 is 9.59 Å². The summed E-state index contributed by atoms with van der Waals surface area (Å²) in [6.07, 6.45) is 1.13. The molecular formula is C65H84N3O31S5+. The zero-order valence-corrected chi connectivity index (χ0v) is 61.3. The molecule has 2 aliphatic rings. The van der Waals surface area contributed by atoms with Gasteiger partial charge in [0.1, 0.15) is 16.4 Å². The van der Waals surface area contributed by atoms with Crippen LogP contribution in [-0.4, -0.2) is 254 Å². The highest BCUT2D eigenvalue weighted by Crippen LogP contribution is 2.53. The van der Waals surface area contributed by atoms with Gasteiger partial charge in [-0.3, -0.25) is 32.4 Å². The maximum Gasteiger partial charge on any atom is 0.333 e. The van der Waals surface area contributed by atoms with E-state index in [0.717, 1.165) is 24.3 Å². The van der Waals surface area contributed by atoms with E-state index in [0.29, 0.717) is 63.1 Å². The van der Waals surface area contributed by atoms with Crippen molar-refractivity contribution in [2.45, 2.75) is 82.4 Å². The number of nitrogens with zero attached hydrogens (tertiary/aromatic N) is 3. The molecule has 0 bridgehead atoms. The molecule has 104 heavy (non-hydrogen) atoms. The molecule has 3 unspecified atom stereocenters. The summed E-state index contributed by atoms with van der Waals surface area (Å²) >= 11 is 0. The molecule has 39 heteroatoms. The van der Waals surface area contributed by atoms with Gasteiger partial charge in [0, 0.05) is 85.5 Å². The first kappa shape index (κ1) is 82.8. The van der Waals surface area contributed by atoms with Gasteiger partial charge in [-0.15, -0.1) is 4.73 Å². The molecule has 0 amide bonds. The molecule has 0 aliphatic carbocycles. The van der Waals surface area contributed by atoms with Crippen molar-refractivity contribution in [1.82, 2.24) is 4.73 Å². The van der Waals surface area contributed by atoms with Crippen molar-refractivity contribution >= 4 is 107 Å². The fraction of sp³-hybridized carbons (Fsp3) is 0.508. The molecule has 3 atom stereocenters. The number of anilines is 1. The molecular weight excluding hydrogens is 1480 g/mol. The standard InChI is InChI=1S/C65H83N3O31S5/c1-64(14-6-36-100(74,75)76)55(67(17-19-92-25-27-96-32-33-98-35-34-97-31-29-94-23-21-90-4)52-11-9-45-47(60(52)64)37-43(101(77,78)79)39-53(45)103(83,84)85)41-49-62(72)50(63(49)73)42-56-65(2,15-18-91-24-26-95-30-28-93-22-20-89-3)61-48-38-44(102(80,81)82)40-54(104(86,87)88)46(48)8-10-51(61)66(56)16-5-7-59(71)99-68-57(69)12-13-58(68)70/h8-13,37-42,56H,5-7,14-36H2,1-4H3,(H6,72,73,74,75,76,77,78,79,80,81,82,83,84,85,86,87,88)/p+1. The Morgan fingerprint density at radius 1 is 0.519 bits per heavy atom. The predicted molar refractivity (Wildman–Crippen MR) is 371 cm³/mol. The molecule has 0 radical (unpaired) electrons. The Balaban J connectivity index is 1.25. The number of carbonyl (C=O) groups is 1. The lowest BCUT2D eigenvalue weighted by atomic mass is 9.73. The molecule has 2 aliphatic heterocycles. The average Bonchev–Trinajstić information content (AvgIpc) is 1.54. The van der Waals surface area contributed by atoms with E-state index in [1.165, 1.54) is 50.5 Å². The lowest BCUT2D eigenvalue weighted by Gasteiger charge is -2.35. The van der Waals surface area contributed by atoms with Crippen LogP contribution in [-0.2, 0) is 114 Å². The number of carbonyl (C=O) groups excluding carboxylic acids is 1. The van der Waals surface area contributed by atoms with Gasteiger partial charge >= 0.3 is 5.97 Å². The van der Waals surface area contributed by atoms with Gasteiger partial charge in [-0.05, 0) is 91.4 Å². The number of rotatable bonds is 45. The largest absolute Gasteiger partial charge is 0.492 e. The van der Waals surface area contributed by atoms with Crippen LogP contribution < -0.4 is 31.0 Å². The molecule has 0 saturated carbocycles. The molecule has 1 aromatic heterocycles. The first-order valence-electron chi connectivity index (χ1n) is 32.5. The molecule has 34 nitrogen and oxygen atoms in total. The van der Waals surface area contributed by atoms with Crippen LogP contribution in [0, 0.1) is 0 Å². The Kier molecular flexibility index (Phi) is 28.5. The lowest BCUT2D eigenvalue weighted by molar-refractivity contribution is -0.441. The van der Waals surface area contributed by atoms with Crippen LogP contribution in [0.25, 0.3) is 33.7 Å². The second-order valence-corrected chi connectivity index (χ2v) is 31.7. The summed E-state index contributed by atoms with van der Waals surface area (Å²) in [4.78, 5) is 47.0. The van der Waals surface area contributed by atoms with Crippen molar-refractivity contribution in [3.63, 3.8) is 0 Å². The Morgan fingerprint density at radius 3 is 1.41 bits per heavy atom. The second-order valence-electron chi connectivity index (χ2n) is 24.5. The maximum absolute atomic E-state index is 15.3. The summed E-state index contributed by atoms with van der Waals surface area (Å²) in [6, 6.07) is 9.17. The van der Waals surface area contributed by atoms with E-state index in [4.69, 9.17) is 52.2 Å². The van der Waals surface area contributed by atoms with E-state index in [2.05, 4.69) is 0 Å². The second kappa shape index (κ2) is 35.7. The number of ether oxygens (including phenoxy) is 10. The third-order valence-corrected chi connectivity index (χ3v) is 21.8. The summed E-state index contributed by atoms with van der Waals surface area (Å²) in [7, 11) is -22.8. The zero-order chi connectivity index (χ0) is 76.0. The molecule has 0 saturated heterocycles. The predicted octanol–water partition coefficient (Wildman–Crippen LogP) is 1.47. The van der Waals surface area contributed by atoms with Crippen LogP contribution in [0.15, 0.2) is 89.8 Å². The van der Waals surface area contributed by atoms with Crippen LogP contribution in [0.5, 0.6) is 11.8 Å². The Morgan fingerprint density at radius 2 is 0.962 bits per heavy atom. The fourth-order valence-electron chi connectivity index (χ4n) is 12.7. The minimum atomic E-state index is -5.30. The Bertz CT molecular complexity index is 4870. The SMILES string of the molecule is COCCOCCOCCOCCOCCOCC[N+]1=C(C=c2c(=O)c(=CC3N(CCCC(=O)On4c(O)ccc4O)c4ccc5c(S(=O)(=O)O)cc(S(=O)(=O)O)cc5c4C3(C)CCOCCOCCOCCOC)c2=O)C(C)(CCCS(=O)(=O)O)c2c1ccc1c(S(=O)(=O)O)cc(S(=O)(=O)O)cc21. The van der Waals surface area contributed by atoms with E-state index in [-0.39, 0.29) is 161 Å². The van der Waals surface area contributed by atoms with E-state index < -0.39 is 138 Å². The highest BCUT2D eigenvalue weighted by molar-refractivity contribution is 7.87. The van der Waals surface area contributed by atoms with E-state index in [1.54, 1.807) is 23.5 Å². The molecule has 8 rings (SSSR count). The van der Waals surface area contributed by atoms with Gasteiger partial charge in [0.25, 0.3) is 50.6 Å². The molecule has 0 fully saturated rings. The van der Waals surface area contributed by atoms with Crippen LogP contribution >= 0.6 is 0 Å². The van der Waals surface area contributed by atoms with Gasteiger partial charge in [0.05, 0.1) is 143 Å². The van der Waals surface area contributed by atoms with Gasteiger partial charge in [-0.2, -0.15) is 46.7 Å². The number of aromatic hydroxyl groups is 2. The number of benzene rings is 4. The van der Waals surface area contributed by atoms with Crippen LogP contribution in [0.4, 0.5) is 11.4 Å². The monoisotopic (exact) mass is 1560 g/mol. The van der Waals surface area contributed by atoms with Gasteiger partial charge in [-0.25, -0.2) is 4.79 Å². The summed E-state index contributed by atoms with van der Waals surface area (Å²) < 4.78 is 238. The van der Waals surface area contributed by atoms with Gasteiger partial charge in [-0.1, -0.05) is 13.0 Å². The van der Waals surface area contributed by atoms with Crippen LogP contribution in [0.1, 0.15) is 57.1 Å². The smallest absolute Gasteiger partial charge is 0.333 e. The van der Waals surface area contributed by atoms with Crippen molar-refractivity contribution in [2.24, 2.45) is 0 Å². The van der Waals surface area contributed by atoms with Crippen molar-refractivity contribution in [3.8, 4) is 11.8 Å². The third kappa shape index (κ3) is 20.5.